The van der Waals surface area contributed by atoms with E-state index in [4.69, 9.17) is 0 Å². The third-order valence-electron chi connectivity index (χ3n) is 3.07. The first-order chi connectivity index (χ1) is 8.74. The van der Waals surface area contributed by atoms with E-state index in [-0.39, 0.29) is 5.75 Å². The van der Waals surface area contributed by atoms with Crippen molar-refractivity contribution in [1.82, 2.24) is 0 Å². The van der Waals surface area contributed by atoms with Gasteiger partial charge in [-0.15, -0.1) is 0 Å². The van der Waals surface area contributed by atoms with Crippen LogP contribution in [0.1, 0.15) is 5.69 Å². The molecule has 0 atom stereocenters. The van der Waals surface area contributed by atoms with Crippen LogP contribution in [0.3, 0.4) is 0 Å². The van der Waals surface area contributed by atoms with Gasteiger partial charge < -0.3 is 5.11 Å². The molecule has 0 amide bonds. The normalized spacial score (nSPS) is 10.7. The number of aryl methyl sites for hydroxylation is 1. The fraction of sp³-hybridized carbons (Fsp3) is 0.0625. The summed E-state index contributed by atoms with van der Waals surface area (Å²) in [4.78, 5) is 3.28. The van der Waals surface area contributed by atoms with Gasteiger partial charge in [0.15, 0.2) is 5.69 Å². The Labute approximate surface area is 106 Å². The van der Waals surface area contributed by atoms with E-state index in [2.05, 4.69) is 23.2 Å². The largest absolute Gasteiger partial charge is 0.508 e. The molecule has 2 nitrogen and oxygen atoms in total. The second-order valence-electron chi connectivity index (χ2n) is 4.46. The summed E-state index contributed by atoms with van der Waals surface area (Å²) in [6.45, 7) is 2.02. The van der Waals surface area contributed by atoms with Gasteiger partial charge in [0.2, 0.25) is 5.52 Å². The SMILES string of the molecule is Cc1cc(-c2ccccc2)c2ccc(O)cc2[nH+]1. The van der Waals surface area contributed by atoms with Gasteiger partial charge in [-0.3, -0.25) is 0 Å². The standard InChI is InChI=1S/C16H13NO/c1-11-9-15(12-5-3-2-4-6-12)14-8-7-13(18)10-16(14)17-11/h2-10,18H,1H3/p+1. The molecular weight excluding hydrogens is 222 g/mol. The molecule has 0 aliphatic carbocycles. The minimum atomic E-state index is 0.281. The Bertz CT molecular complexity index is 700. The Hall–Kier alpha value is -2.35. The van der Waals surface area contributed by atoms with Crippen molar-refractivity contribution in [2.45, 2.75) is 6.92 Å². The first kappa shape index (κ1) is 10.8. The van der Waals surface area contributed by atoms with Crippen molar-refractivity contribution in [3.8, 4) is 16.9 Å². The van der Waals surface area contributed by atoms with Crippen LogP contribution in [0.5, 0.6) is 5.75 Å². The number of aromatic nitrogens is 1. The molecule has 88 valence electrons. The first-order valence-electron chi connectivity index (χ1n) is 5.95. The van der Waals surface area contributed by atoms with Gasteiger partial charge in [0.05, 0.1) is 11.5 Å². The van der Waals surface area contributed by atoms with Gasteiger partial charge in [0, 0.05) is 18.6 Å². The Balaban J connectivity index is 2.35. The molecule has 3 aromatic rings. The lowest BCUT2D eigenvalue weighted by Crippen LogP contribution is -2.08. The lowest BCUT2D eigenvalue weighted by atomic mass is 10.0. The third kappa shape index (κ3) is 1.82. The van der Waals surface area contributed by atoms with Gasteiger partial charge in [-0.2, -0.15) is 0 Å². The monoisotopic (exact) mass is 236 g/mol. The van der Waals surface area contributed by atoms with Crippen LogP contribution in [-0.4, -0.2) is 5.11 Å². The quantitative estimate of drug-likeness (QED) is 0.691. The van der Waals surface area contributed by atoms with Crippen LogP contribution in [-0.2, 0) is 0 Å². The molecule has 2 N–H and O–H groups in total. The summed E-state index contributed by atoms with van der Waals surface area (Å²) in [6.07, 6.45) is 0. The summed E-state index contributed by atoms with van der Waals surface area (Å²) in [5.74, 6) is 0.281. The molecule has 0 spiro atoms. The zero-order valence-corrected chi connectivity index (χ0v) is 10.1. The number of hydrogen-bond donors (Lipinski definition) is 1. The fourth-order valence-electron chi connectivity index (χ4n) is 2.27. The first-order valence-corrected chi connectivity index (χ1v) is 5.95. The Morgan fingerprint density at radius 3 is 2.50 bits per heavy atom. The van der Waals surface area contributed by atoms with Crippen molar-refractivity contribution in [3.05, 3.63) is 60.3 Å². The molecule has 0 bridgehead atoms. The second kappa shape index (κ2) is 4.15. The second-order valence-corrected chi connectivity index (χ2v) is 4.46. The number of rotatable bonds is 1. The van der Waals surface area contributed by atoms with Crippen molar-refractivity contribution in [2.75, 3.05) is 0 Å². The van der Waals surface area contributed by atoms with Gasteiger partial charge in [-0.25, -0.2) is 4.98 Å². The van der Waals surface area contributed by atoms with Crippen LogP contribution >= 0.6 is 0 Å². The maximum absolute atomic E-state index is 9.56. The Morgan fingerprint density at radius 1 is 0.944 bits per heavy atom. The van der Waals surface area contributed by atoms with E-state index in [1.807, 2.05) is 31.2 Å². The van der Waals surface area contributed by atoms with E-state index < -0.39 is 0 Å². The summed E-state index contributed by atoms with van der Waals surface area (Å²) in [5, 5.41) is 10.7. The summed E-state index contributed by atoms with van der Waals surface area (Å²) >= 11 is 0. The van der Waals surface area contributed by atoms with E-state index in [0.717, 1.165) is 16.6 Å². The van der Waals surface area contributed by atoms with Gasteiger partial charge in [0.25, 0.3) is 0 Å². The molecule has 0 aliphatic rings. The van der Waals surface area contributed by atoms with Crippen LogP contribution < -0.4 is 4.98 Å². The number of fused-ring (bicyclic) bond motifs is 1. The minimum absolute atomic E-state index is 0.281. The molecule has 2 aromatic carbocycles. The number of hydrogen-bond acceptors (Lipinski definition) is 1. The van der Waals surface area contributed by atoms with Gasteiger partial charge in [-0.1, -0.05) is 30.3 Å². The smallest absolute Gasteiger partial charge is 0.215 e. The average molecular weight is 236 g/mol. The molecule has 0 radical (unpaired) electrons. The lowest BCUT2D eigenvalue weighted by molar-refractivity contribution is -0.354. The van der Waals surface area contributed by atoms with Crippen molar-refractivity contribution in [3.63, 3.8) is 0 Å². The molecule has 0 aliphatic heterocycles. The fourth-order valence-corrected chi connectivity index (χ4v) is 2.27. The highest BCUT2D eigenvalue weighted by Crippen LogP contribution is 2.28. The van der Waals surface area contributed by atoms with Crippen LogP contribution in [0, 0.1) is 6.92 Å². The number of H-pyrrole nitrogens is 1. The van der Waals surface area contributed by atoms with E-state index in [1.165, 1.54) is 11.1 Å². The molecule has 2 heteroatoms. The Morgan fingerprint density at radius 2 is 1.72 bits per heavy atom. The number of benzene rings is 2. The molecule has 1 aromatic heterocycles. The summed E-state index contributed by atoms with van der Waals surface area (Å²) in [6, 6.07) is 17.8. The topological polar surface area (TPSA) is 34.4 Å². The van der Waals surface area contributed by atoms with Crippen LogP contribution in [0.4, 0.5) is 0 Å². The highest BCUT2D eigenvalue weighted by Gasteiger charge is 2.11. The molecule has 18 heavy (non-hydrogen) atoms. The molecular formula is C16H14NO+. The maximum atomic E-state index is 9.56. The summed E-state index contributed by atoms with van der Waals surface area (Å²) < 4.78 is 0. The van der Waals surface area contributed by atoms with Crippen LogP contribution in [0.15, 0.2) is 54.6 Å². The lowest BCUT2D eigenvalue weighted by Gasteiger charge is -2.04. The predicted molar refractivity (Wildman–Crippen MR) is 72.3 cm³/mol. The van der Waals surface area contributed by atoms with Gasteiger partial charge in [-0.05, 0) is 17.7 Å². The number of aromatic hydroxyl groups is 1. The minimum Gasteiger partial charge on any atom is -0.508 e. The summed E-state index contributed by atoms with van der Waals surface area (Å²) in [7, 11) is 0. The van der Waals surface area contributed by atoms with Crippen molar-refractivity contribution < 1.29 is 10.1 Å². The zero-order chi connectivity index (χ0) is 12.5. The highest BCUT2D eigenvalue weighted by atomic mass is 16.3. The molecule has 3 rings (SSSR count). The van der Waals surface area contributed by atoms with Gasteiger partial charge in [0.1, 0.15) is 5.75 Å². The molecule has 1 heterocycles. The number of phenols is 1. The maximum Gasteiger partial charge on any atom is 0.215 e. The number of phenolic OH excluding ortho intramolecular Hbond substituents is 1. The van der Waals surface area contributed by atoms with Crippen LogP contribution in [0.2, 0.25) is 0 Å². The molecule has 0 unspecified atom stereocenters. The average Bonchev–Trinajstić information content (AvgIpc) is 2.38. The Kier molecular flexibility index (Phi) is 2.49. The number of nitrogens with one attached hydrogen (secondary N) is 1. The molecule has 0 fully saturated rings. The van der Waals surface area contributed by atoms with Crippen molar-refractivity contribution >= 4 is 10.9 Å². The van der Waals surface area contributed by atoms with Gasteiger partial charge >= 0.3 is 0 Å². The number of pyridine rings is 1. The highest BCUT2D eigenvalue weighted by molar-refractivity contribution is 5.93. The van der Waals surface area contributed by atoms with E-state index in [1.54, 1.807) is 12.1 Å². The van der Waals surface area contributed by atoms with E-state index in [9.17, 15) is 5.11 Å². The summed E-state index contributed by atoms with van der Waals surface area (Å²) in [5.41, 5.74) is 4.40. The van der Waals surface area contributed by atoms with Crippen molar-refractivity contribution in [2.24, 2.45) is 0 Å². The van der Waals surface area contributed by atoms with Crippen molar-refractivity contribution in [1.29, 1.82) is 0 Å². The third-order valence-corrected chi connectivity index (χ3v) is 3.07. The number of aromatic amines is 1. The van der Waals surface area contributed by atoms with Crippen LogP contribution in [0.25, 0.3) is 22.0 Å². The van der Waals surface area contributed by atoms with E-state index in [0.29, 0.717) is 0 Å². The zero-order valence-electron chi connectivity index (χ0n) is 10.1. The molecule has 0 saturated carbocycles. The van der Waals surface area contributed by atoms with E-state index >= 15 is 0 Å². The molecule has 0 saturated heterocycles. The predicted octanol–water partition coefficient (Wildman–Crippen LogP) is 3.33.